The summed E-state index contributed by atoms with van der Waals surface area (Å²) in [4.78, 5) is 25.3. The van der Waals surface area contributed by atoms with Gasteiger partial charge in [0.2, 0.25) is 5.91 Å². The first-order chi connectivity index (χ1) is 13.1. The van der Waals surface area contributed by atoms with Crippen LogP contribution in [0.5, 0.6) is 0 Å². The van der Waals surface area contributed by atoms with Crippen LogP contribution in [0.2, 0.25) is 0 Å². The second-order valence-electron chi connectivity index (χ2n) is 6.37. The Labute approximate surface area is 164 Å². The molecular weight excluding hydrogens is 408 g/mol. The molecule has 1 amide bonds. The quantitative estimate of drug-likeness (QED) is 0.328. The maximum absolute atomic E-state index is 13.0. The van der Waals surface area contributed by atoms with Crippen molar-refractivity contribution >= 4 is 33.2 Å². The number of benzene rings is 3. The van der Waals surface area contributed by atoms with Crippen molar-refractivity contribution in [3.63, 3.8) is 0 Å². The minimum atomic E-state index is -0.420. The van der Waals surface area contributed by atoms with E-state index in [1.165, 1.54) is 12.1 Å². The van der Waals surface area contributed by atoms with Crippen molar-refractivity contribution in [3.05, 3.63) is 105 Å². The van der Waals surface area contributed by atoms with Crippen LogP contribution in [-0.4, -0.2) is 10.8 Å². The lowest BCUT2D eigenvalue weighted by atomic mass is 9.77. The van der Waals surface area contributed by atoms with Gasteiger partial charge in [0.15, 0.2) is 0 Å². The van der Waals surface area contributed by atoms with E-state index >= 15 is 0 Å². The molecule has 1 heterocycles. The Balaban J connectivity index is 1.76. The fourth-order valence-electron chi connectivity index (χ4n) is 3.50. The lowest BCUT2D eigenvalue weighted by Crippen LogP contribution is -2.53. The maximum Gasteiger partial charge on any atom is 0.269 e. The molecule has 6 heteroatoms. The largest absolute Gasteiger partial charge is 0.303 e. The Bertz CT molecular complexity index is 988. The number of rotatable bonds is 4. The molecule has 1 saturated heterocycles. The molecule has 0 aromatic heterocycles. The van der Waals surface area contributed by atoms with Crippen LogP contribution >= 0.6 is 15.9 Å². The van der Waals surface area contributed by atoms with Crippen molar-refractivity contribution in [2.24, 2.45) is 0 Å². The molecule has 134 valence electrons. The van der Waals surface area contributed by atoms with Crippen LogP contribution in [0.3, 0.4) is 0 Å². The number of carbonyl (C=O) groups is 1. The summed E-state index contributed by atoms with van der Waals surface area (Å²) < 4.78 is 0.936. The summed E-state index contributed by atoms with van der Waals surface area (Å²) in [6.45, 7) is 0. The van der Waals surface area contributed by atoms with Crippen LogP contribution in [-0.2, 0) is 4.79 Å². The highest BCUT2D eigenvalue weighted by atomic mass is 79.9. The van der Waals surface area contributed by atoms with Gasteiger partial charge in [-0.1, -0.05) is 58.4 Å². The summed E-state index contributed by atoms with van der Waals surface area (Å²) in [7, 11) is 0. The van der Waals surface area contributed by atoms with Gasteiger partial charge in [0.25, 0.3) is 5.69 Å². The second-order valence-corrected chi connectivity index (χ2v) is 7.28. The van der Waals surface area contributed by atoms with Gasteiger partial charge in [-0.05, 0) is 35.4 Å². The molecule has 27 heavy (non-hydrogen) atoms. The lowest BCUT2D eigenvalue weighted by Gasteiger charge is -2.47. The molecule has 2 unspecified atom stereocenters. The van der Waals surface area contributed by atoms with Crippen molar-refractivity contribution in [2.75, 3.05) is 4.90 Å². The molecule has 0 N–H and O–H groups in total. The van der Waals surface area contributed by atoms with E-state index in [9.17, 15) is 14.9 Å². The van der Waals surface area contributed by atoms with E-state index in [1.54, 1.807) is 17.0 Å². The zero-order valence-corrected chi connectivity index (χ0v) is 15.7. The van der Waals surface area contributed by atoms with E-state index in [4.69, 9.17) is 0 Å². The zero-order valence-electron chi connectivity index (χ0n) is 14.2. The van der Waals surface area contributed by atoms with Crippen LogP contribution in [0.25, 0.3) is 0 Å². The van der Waals surface area contributed by atoms with Gasteiger partial charge in [-0.2, -0.15) is 0 Å². The predicted octanol–water partition coefficient (Wildman–Crippen LogP) is 5.23. The molecule has 0 radical (unpaired) electrons. The number of amides is 1. The number of nitro benzene ring substituents is 1. The number of nitrogens with zero attached hydrogens (tertiary/aromatic N) is 2. The van der Waals surface area contributed by atoms with Crippen LogP contribution in [0.15, 0.2) is 83.3 Å². The monoisotopic (exact) mass is 422 g/mol. The molecule has 0 saturated carbocycles. The van der Waals surface area contributed by atoms with Gasteiger partial charge in [0.1, 0.15) is 0 Å². The highest BCUT2D eigenvalue weighted by Crippen LogP contribution is 2.49. The minimum Gasteiger partial charge on any atom is -0.303 e. The number of non-ortho nitro benzene ring substituents is 1. The Morgan fingerprint density at radius 3 is 2.07 bits per heavy atom. The molecule has 3 aromatic carbocycles. The van der Waals surface area contributed by atoms with Gasteiger partial charge in [0.05, 0.1) is 16.9 Å². The first-order valence-electron chi connectivity index (χ1n) is 8.44. The van der Waals surface area contributed by atoms with Crippen molar-refractivity contribution < 1.29 is 9.72 Å². The third kappa shape index (κ3) is 3.13. The predicted molar refractivity (Wildman–Crippen MR) is 107 cm³/mol. The summed E-state index contributed by atoms with van der Waals surface area (Å²) in [6.07, 6.45) is 0. The van der Waals surface area contributed by atoms with E-state index in [0.29, 0.717) is 0 Å². The molecular formula is C21H15BrN2O3. The highest BCUT2D eigenvalue weighted by molar-refractivity contribution is 9.10. The van der Waals surface area contributed by atoms with E-state index in [2.05, 4.69) is 15.9 Å². The van der Waals surface area contributed by atoms with Crippen LogP contribution in [0.1, 0.15) is 23.1 Å². The Kier molecular flexibility index (Phi) is 4.49. The first-order valence-corrected chi connectivity index (χ1v) is 9.23. The summed E-state index contributed by atoms with van der Waals surface area (Å²) in [5.41, 5.74) is 2.66. The van der Waals surface area contributed by atoms with Gasteiger partial charge in [-0.15, -0.1) is 0 Å². The molecule has 3 aromatic rings. The Morgan fingerprint density at radius 1 is 0.852 bits per heavy atom. The number of hydrogen-bond acceptors (Lipinski definition) is 3. The number of anilines is 1. The van der Waals surface area contributed by atoms with Crippen molar-refractivity contribution in [3.8, 4) is 0 Å². The third-order valence-electron chi connectivity index (χ3n) is 4.81. The van der Waals surface area contributed by atoms with Gasteiger partial charge in [0, 0.05) is 22.3 Å². The normalized spacial score (nSPS) is 18.9. The molecule has 0 bridgehead atoms. The maximum atomic E-state index is 13.0. The smallest absolute Gasteiger partial charge is 0.269 e. The van der Waals surface area contributed by atoms with Gasteiger partial charge in [-0.3, -0.25) is 14.9 Å². The minimum absolute atomic E-state index is 0.0203. The van der Waals surface area contributed by atoms with Gasteiger partial charge in [-0.25, -0.2) is 0 Å². The van der Waals surface area contributed by atoms with Crippen molar-refractivity contribution in [1.29, 1.82) is 0 Å². The average molecular weight is 423 g/mol. The first kappa shape index (κ1) is 17.4. The number of hydrogen-bond donors (Lipinski definition) is 0. The number of carbonyl (C=O) groups excluding carboxylic acids is 1. The topological polar surface area (TPSA) is 63.4 Å². The fourth-order valence-corrected chi connectivity index (χ4v) is 3.76. The van der Waals surface area contributed by atoms with E-state index in [-0.39, 0.29) is 23.6 Å². The van der Waals surface area contributed by atoms with Crippen molar-refractivity contribution in [1.82, 2.24) is 0 Å². The Morgan fingerprint density at radius 2 is 1.48 bits per heavy atom. The van der Waals surface area contributed by atoms with Gasteiger partial charge >= 0.3 is 0 Å². The van der Waals surface area contributed by atoms with Crippen molar-refractivity contribution in [2.45, 2.75) is 12.0 Å². The van der Waals surface area contributed by atoms with E-state index < -0.39 is 4.92 Å². The summed E-state index contributed by atoms with van der Waals surface area (Å²) in [5.74, 6) is -0.289. The number of β-lactam (4-membered cyclic amide) rings is 1. The van der Waals surface area contributed by atoms with E-state index in [0.717, 1.165) is 21.3 Å². The van der Waals surface area contributed by atoms with E-state index in [1.807, 2.05) is 54.6 Å². The molecule has 4 rings (SSSR count). The number of nitro groups is 1. The summed E-state index contributed by atoms with van der Waals surface area (Å²) in [5, 5.41) is 11.0. The molecule has 1 aliphatic heterocycles. The fraction of sp³-hybridized carbons (Fsp3) is 0.0952. The summed E-state index contributed by atoms with van der Waals surface area (Å²) >= 11 is 3.41. The molecule has 0 spiro atoms. The summed E-state index contributed by atoms with van der Waals surface area (Å²) in [6, 6.07) is 23.4. The second kappa shape index (κ2) is 6.96. The molecule has 1 fully saturated rings. The van der Waals surface area contributed by atoms with Crippen LogP contribution < -0.4 is 4.90 Å². The zero-order chi connectivity index (χ0) is 19.0. The number of halogens is 1. The highest BCUT2D eigenvalue weighted by Gasteiger charge is 2.49. The molecule has 2 atom stereocenters. The Hall–Kier alpha value is -2.99. The van der Waals surface area contributed by atoms with Crippen LogP contribution in [0, 0.1) is 10.1 Å². The molecule has 0 aliphatic carbocycles. The lowest BCUT2D eigenvalue weighted by molar-refractivity contribution is -0.384. The average Bonchev–Trinajstić information content (AvgIpc) is 2.68. The van der Waals surface area contributed by atoms with Gasteiger partial charge < -0.3 is 4.90 Å². The third-order valence-corrected chi connectivity index (χ3v) is 5.33. The molecule has 1 aliphatic rings. The SMILES string of the molecule is O=C1C(c2ccccc2)C(c2ccc([N+](=O)[O-])cc2)N1c1ccc(Br)cc1. The standard InChI is InChI=1S/C21H15BrN2O3/c22-16-8-12-17(13-9-16)23-20(15-6-10-18(11-7-15)24(26)27)19(21(23)25)14-4-2-1-3-5-14/h1-13,19-20H. The molecule has 5 nitrogen and oxygen atoms in total. The van der Waals surface area contributed by atoms with Crippen LogP contribution in [0.4, 0.5) is 11.4 Å².